The van der Waals surface area contributed by atoms with Crippen LogP contribution >= 0.6 is 0 Å². The summed E-state index contributed by atoms with van der Waals surface area (Å²) in [7, 11) is 1.51. The number of carbonyl (C=O) groups is 2. The van der Waals surface area contributed by atoms with E-state index in [4.69, 9.17) is 9.47 Å². The minimum absolute atomic E-state index is 0.214. The number of hydrogen-bond donors (Lipinski definition) is 0. The molecule has 18 heavy (non-hydrogen) atoms. The van der Waals surface area contributed by atoms with E-state index >= 15 is 0 Å². The first kappa shape index (κ1) is 12.2. The van der Waals surface area contributed by atoms with Crippen molar-refractivity contribution in [2.75, 3.05) is 20.3 Å². The second kappa shape index (κ2) is 4.91. The molecule has 5 nitrogen and oxygen atoms in total. The van der Waals surface area contributed by atoms with Crippen LogP contribution in [0.25, 0.3) is 5.57 Å². The maximum Gasteiger partial charge on any atom is 0.416 e. The molecule has 1 aliphatic rings. The van der Waals surface area contributed by atoms with E-state index in [9.17, 15) is 9.59 Å². The van der Waals surface area contributed by atoms with Gasteiger partial charge in [-0.3, -0.25) is 4.79 Å². The Morgan fingerprint density at radius 3 is 2.78 bits per heavy atom. The highest BCUT2D eigenvalue weighted by Crippen LogP contribution is 2.26. The number of amides is 2. The molecule has 0 saturated carbocycles. The number of methoxy groups -OCH3 is 1. The third-order valence-corrected chi connectivity index (χ3v) is 2.70. The molecule has 0 radical (unpaired) electrons. The lowest BCUT2D eigenvalue weighted by molar-refractivity contribution is -0.121. The van der Waals surface area contributed by atoms with Gasteiger partial charge in [-0.2, -0.15) is 0 Å². The largest absolute Gasteiger partial charge is 0.496 e. The Balaban J connectivity index is 2.25. The zero-order valence-electron chi connectivity index (χ0n) is 10.0. The molecule has 1 fully saturated rings. The first-order chi connectivity index (χ1) is 8.65. The number of imide groups is 1. The lowest BCUT2D eigenvalue weighted by Gasteiger charge is -2.14. The van der Waals surface area contributed by atoms with Gasteiger partial charge >= 0.3 is 6.09 Å². The lowest BCUT2D eigenvalue weighted by Crippen LogP contribution is -2.32. The number of hydrogen-bond acceptors (Lipinski definition) is 4. The van der Waals surface area contributed by atoms with Crippen molar-refractivity contribution in [3.63, 3.8) is 0 Å². The van der Waals surface area contributed by atoms with Crippen LogP contribution < -0.4 is 4.74 Å². The van der Waals surface area contributed by atoms with Crippen LogP contribution in [0.5, 0.6) is 5.75 Å². The smallest absolute Gasteiger partial charge is 0.416 e. The minimum atomic E-state index is -0.629. The second-order valence-corrected chi connectivity index (χ2v) is 3.75. The number of benzene rings is 1. The zero-order chi connectivity index (χ0) is 13.1. The molecule has 0 N–H and O–H groups in total. The second-order valence-electron chi connectivity index (χ2n) is 3.75. The highest BCUT2D eigenvalue weighted by Gasteiger charge is 2.30. The normalized spacial score (nSPS) is 14.3. The van der Waals surface area contributed by atoms with Crippen LogP contribution in [0, 0.1) is 0 Å². The van der Waals surface area contributed by atoms with Crippen molar-refractivity contribution in [1.82, 2.24) is 4.90 Å². The minimum Gasteiger partial charge on any atom is -0.496 e. The fourth-order valence-corrected chi connectivity index (χ4v) is 1.75. The van der Waals surface area contributed by atoms with E-state index < -0.39 is 12.0 Å². The molecule has 0 atom stereocenters. The molecule has 1 aliphatic heterocycles. The Hall–Kier alpha value is -2.30. The van der Waals surface area contributed by atoms with Crippen LogP contribution in [0.1, 0.15) is 5.56 Å². The predicted octanol–water partition coefficient (Wildman–Crippen LogP) is 1.69. The zero-order valence-corrected chi connectivity index (χ0v) is 10.0. The third-order valence-electron chi connectivity index (χ3n) is 2.70. The Bertz CT molecular complexity index is 509. The van der Waals surface area contributed by atoms with Crippen molar-refractivity contribution in [2.45, 2.75) is 0 Å². The van der Waals surface area contributed by atoms with Gasteiger partial charge in [0, 0.05) is 11.1 Å². The van der Waals surface area contributed by atoms with Crippen molar-refractivity contribution >= 4 is 17.6 Å². The molecule has 2 rings (SSSR count). The first-order valence-corrected chi connectivity index (χ1v) is 5.46. The molecule has 0 aliphatic carbocycles. The molecule has 1 aromatic rings. The van der Waals surface area contributed by atoms with Crippen molar-refractivity contribution in [3.05, 3.63) is 36.4 Å². The Morgan fingerprint density at radius 1 is 1.44 bits per heavy atom. The van der Waals surface area contributed by atoms with Gasteiger partial charge in [0.2, 0.25) is 0 Å². The van der Waals surface area contributed by atoms with Gasteiger partial charge in [-0.1, -0.05) is 24.8 Å². The SMILES string of the molecule is C=C(C(=O)N1CCOC1=O)c1ccccc1OC. The molecule has 2 amide bonds. The van der Waals surface area contributed by atoms with Crippen LogP contribution in [-0.4, -0.2) is 37.2 Å². The monoisotopic (exact) mass is 247 g/mol. The summed E-state index contributed by atoms with van der Waals surface area (Å²) in [6.07, 6.45) is -0.629. The summed E-state index contributed by atoms with van der Waals surface area (Å²) < 4.78 is 9.88. The number of nitrogens with zero attached hydrogens (tertiary/aromatic N) is 1. The number of para-hydroxylation sites is 1. The molecule has 5 heteroatoms. The molecule has 0 aromatic heterocycles. The van der Waals surface area contributed by atoms with E-state index in [2.05, 4.69) is 6.58 Å². The van der Waals surface area contributed by atoms with Crippen molar-refractivity contribution in [1.29, 1.82) is 0 Å². The molecule has 0 spiro atoms. The predicted molar refractivity (Wildman–Crippen MR) is 65.1 cm³/mol. The van der Waals surface area contributed by atoms with E-state index in [0.717, 1.165) is 4.90 Å². The maximum absolute atomic E-state index is 12.1. The van der Waals surface area contributed by atoms with E-state index in [1.807, 2.05) is 0 Å². The van der Waals surface area contributed by atoms with Gasteiger partial charge in [0.05, 0.1) is 13.7 Å². The number of rotatable bonds is 3. The Labute approximate surface area is 105 Å². The van der Waals surface area contributed by atoms with Gasteiger partial charge in [0.25, 0.3) is 5.91 Å². The molecule has 0 unspecified atom stereocenters. The molecular formula is C13H13NO4. The maximum atomic E-state index is 12.1. The summed E-state index contributed by atoms with van der Waals surface area (Å²) in [5.74, 6) is 0.0883. The van der Waals surface area contributed by atoms with Crippen LogP contribution in [0.15, 0.2) is 30.8 Å². The third kappa shape index (κ3) is 2.07. The summed E-state index contributed by atoms with van der Waals surface area (Å²) in [6.45, 7) is 4.22. The average Bonchev–Trinajstić information content (AvgIpc) is 2.83. The highest BCUT2D eigenvalue weighted by atomic mass is 16.6. The van der Waals surface area contributed by atoms with Crippen LogP contribution in [-0.2, 0) is 9.53 Å². The van der Waals surface area contributed by atoms with Gasteiger partial charge in [0.15, 0.2) is 0 Å². The highest BCUT2D eigenvalue weighted by molar-refractivity contribution is 6.23. The van der Waals surface area contributed by atoms with Gasteiger partial charge < -0.3 is 9.47 Å². The topological polar surface area (TPSA) is 55.8 Å². The summed E-state index contributed by atoms with van der Waals surface area (Å²) >= 11 is 0. The number of cyclic esters (lactones) is 1. The van der Waals surface area contributed by atoms with Gasteiger partial charge in [-0.15, -0.1) is 0 Å². The van der Waals surface area contributed by atoms with E-state index in [1.54, 1.807) is 24.3 Å². The molecule has 94 valence electrons. The standard InChI is InChI=1S/C13H13NO4/c1-9(10-5-3-4-6-11(10)17-2)12(15)14-7-8-18-13(14)16/h3-6H,1,7-8H2,2H3. The Morgan fingerprint density at radius 2 is 2.17 bits per heavy atom. The average molecular weight is 247 g/mol. The fourth-order valence-electron chi connectivity index (χ4n) is 1.75. The number of ether oxygens (including phenoxy) is 2. The van der Waals surface area contributed by atoms with Gasteiger partial charge in [0.1, 0.15) is 12.4 Å². The van der Waals surface area contributed by atoms with Crippen LogP contribution in [0.4, 0.5) is 4.79 Å². The van der Waals surface area contributed by atoms with Gasteiger partial charge in [-0.05, 0) is 6.07 Å². The first-order valence-electron chi connectivity index (χ1n) is 5.46. The molecule has 0 bridgehead atoms. The summed E-state index contributed by atoms with van der Waals surface area (Å²) in [5, 5.41) is 0. The number of carbonyl (C=O) groups excluding carboxylic acids is 2. The summed E-state index contributed by atoms with van der Waals surface area (Å²) in [6, 6.07) is 7.03. The summed E-state index contributed by atoms with van der Waals surface area (Å²) in [4.78, 5) is 24.4. The van der Waals surface area contributed by atoms with E-state index in [-0.39, 0.29) is 18.7 Å². The van der Waals surface area contributed by atoms with E-state index in [0.29, 0.717) is 11.3 Å². The van der Waals surface area contributed by atoms with E-state index in [1.165, 1.54) is 7.11 Å². The molecular weight excluding hydrogens is 234 g/mol. The van der Waals surface area contributed by atoms with Gasteiger partial charge in [-0.25, -0.2) is 9.69 Å². The van der Waals surface area contributed by atoms with Crippen LogP contribution in [0.3, 0.4) is 0 Å². The summed E-state index contributed by atoms with van der Waals surface area (Å²) in [5.41, 5.74) is 0.788. The molecule has 1 heterocycles. The van der Waals surface area contributed by atoms with Crippen LogP contribution in [0.2, 0.25) is 0 Å². The van der Waals surface area contributed by atoms with Crippen molar-refractivity contribution in [3.8, 4) is 5.75 Å². The lowest BCUT2D eigenvalue weighted by atomic mass is 10.1. The Kier molecular flexibility index (Phi) is 3.32. The molecule has 1 aromatic carbocycles. The van der Waals surface area contributed by atoms with Crippen molar-refractivity contribution in [2.24, 2.45) is 0 Å². The fraction of sp³-hybridized carbons (Fsp3) is 0.231. The molecule has 1 saturated heterocycles. The van der Waals surface area contributed by atoms with Crippen molar-refractivity contribution < 1.29 is 19.1 Å². The quantitative estimate of drug-likeness (QED) is 0.763.